The topological polar surface area (TPSA) is 47.9 Å². The number of rotatable bonds is 4. The van der Waals surface area contributed by atoms with Crippen LogP contribution in [0.15, 0.2) is 35.5 Å². The van der Waals surface area contributed by atoms with Crippen LogP contribution in [-0.4, -0.2) is 18.3 Å². The van der Waals surface area contributed by atoms with Crippen LogP contribution in [0, 0.1) is 16.7 Å². The maximum absolute atomic E-state index is 11.8. The third kappa shape index (κ3) is 2.40. The van der Waals surface area contributed by atoms with E-state index in [-0.39, 0.29) is 17.4 Å². The number of fused-ring (bicyclic) bond motifs is 2. The molecule has 2 aliphatic carbocycles. The SMILES string of the molecule is CC12CCC(C/C1=N\OC(=O)COc1ccccc1)C2(C)C. The molecule has 0 heterocycles. The van der Waals surface area contributed by atoms with E-state index in [9.17, 15) is 4.79 Å². The van der Waals surface area contributed by atoms with Crippen LogP contribution in [0.5, 0.6) is 5.75 Å². The molecule has 2 aliphatic rings. The van der Waals surface area contributed by atoms with Gasteiger partial charge in [-0.2, -0.15) is 0 Å². The molecule has 1 aromatic rings. The lowest BCUT2D eigenvalue weighted by molar-refractivity contribution is -0.146. The van der Waals surface area contributed by atoms with Gasteiger partial charge in [0.25, 0.3) is 0 Å². The highest BCUT2D eigenvalue weighted by Gasteiger charge is 2.60. The number of carbonyl (C=O) groups is 1. The molecule has 1 aromatic carbocycles. The van der Waals surface area contributed by atoms with Crippen molar-refractivity contribution in [2.24, 2.45) is 21.9 Å². The van der Waals surface area contributed by atoms with Crippen molar-refractivity contribution in [3.05, 3.63) is 30.3 Å². The molecular weight excluding hydrogens is 278 g/mol. The molecule has 118 valence electrons. The molecule has 2 fully saturated rings. The third-order valence-electron chi connectivity index (χ3n) is 5.87. The second kappa shape index (κ2) is 5.41. The van der Waals surface area contributed by atoms with Crippen molar-refractivity contribution in [1.82, 2.24) is 0 Å². The van der Waals surface area contributed by atoms with E-state index in [4.69, 9.17) is 9.57 Å². The van der Waals surface area contributed by atoms with Gasteiger partial charge in [-0.05, 0) is 42.7 Å². The van der Waals surface area contributed by atoms with Gasteiger partial charge in [-0.25, -0.2) is 4.79 Å². The summed E-state index contributed by atoms with van der Waals surface area (Å²) >= 11 is 0. The normalized spacial score (nSPS) is 30.5. The van der Waals surface area contributed by atoms with Crippen molar-refractivity contribution >= 4 is 11.7 Å². The Balaban J connectivity index is 1.57. The van der Waals surface area contributed by atoms with Crippen LogP contribution in [0.2, 0.25) is 0 Å². The summed E-state index contributed by atoms with van der Waals surface area (Å²) in [6.07, 6.45) is 3.31. The lowest BCUT2D eigenvalue weighted by atomic mass is 9.70. The number of oxime groups is 1. The Morgan fingerprint density at radius 1 is 1.27 bits per heavy atom. The monoisotopic (exact) mass is 301 g/mol. The smallest absolute Gasteiger partial charge is 0.372 e. The Labute approximate surface area is 131 Å². The summed E-state index contributed by atoms with van der Waals surface area (Å²) in [6.45, 7) is 6.72. The van der Waals surface area contributed by atoms with Crippen LogP contribution in [0.4, 0.5) is 0 Å². The molecule has 0 spiro atoms. The van der Waals surface area contributed by atoms with Gasteiger partial charge < -0.3 is 9.57 Å². The van der Waals surface area contributed by atoms with Gasteiger partial charge in [-0.15, -0.1) is 0 Å². The number of carbonyl (C=O) groups excluding carboxylic acids is 1. The summed E-state index contributed by atoms with van der Waals surface area (Å²) in [5, 5.41) is 4.17. The van der Waals surface area contributed by atoms with E-state index in [1.165, 1.54) is 6.42 Å². The molecule has 2 atom stereocenters. The molecular formula is C18H23NO3. The van der Waals surface area contributed by atoms with Crippen LogP contribution in [-0.2, 0) is 9.63 Å². The first-order valence-corrected chi connectivity index (χ1v) is 7.88. The third-order valence-corrected chi connectivity index (χ3v) is 5.87. The van der Waals surface area contributed by atoms with Gasteiger partial charge in [-0.1, -0.05) is 44.1 Å². The minimum atomic E-state index is -0.458. The summed E-state index contributed by atoms with van der Waals surface area (Å²) in [5.41, 5.74) is 1.32. The van der Waals surface area contributed by atoms with Crippen LogP contribution < -0.4 is 4.74 Å². The minimum absolute atomic E-state index is 0.0538. The molecule has 0 aromatic heterocycles. The van der Waals surface area contributed by atoms with Crippen molar-refractivity contribution in [3.63, 3.8) is 0 Å². The summed E-state index contributed by atoms with van der Waals surface area (Å²) in [7, 11) is 0. The molecule has 4 heteroatoms. The Hall–Kier alpha value is -1.84. The van der Waals surface area contributed by atoms with Crippen molar-refractivity contribution in [2.45, 2.75) is 40.0 Å². The van der Waals surface area contributed by atoms with E-state index in [0.29, 0.717) is 11.7 Å². The van der Waals surface area contributed by atoms with E-state index in [1.807, 2.05) is 18.2 Å². The zero-order valence-corrected chi connectivity index (χ0v) is 13.5. The largest absolute Gasteiger partial charge is 0.482 e. The zero-order valence-electron chi connectivity index (χ0n) is 13.5. The molecule has 0 saturated heterocycles. The van der Waals surface area contributed by atoms with Crippen molar-refractivity contribution in [3.8, 4) is 5.75 Å². The van der Waals surface area contributed by atoms with Crippen LogP contribution in [0.3, 0.4) is 0 Å². The molecule has 22 heavy (non-hydrogen) atoms. The highest BCUT2D eigenvalue weighted by molar-refractivity contribution is 5.94. The number of hydrogen-bond donors (Lipinski definition) is 0. The number of nitrogens with zero attached hydrogens (tertiary/aromatic N) is 1. The minimum Gasteiger partial charge on any atom is -0.482 e. The molecule has 3 rings (SSSR count). The molecule has 0 radical (unpaired) electrons. The van der Waals surface area contributed by atoms with Gasteiger partial charge >= 0.3 is 5.97 Å². The van der Waals surface area contributed by atoms with Crippen molar-refractivity contribution in [1.29, 1.82) is 0 Å². The maximum Gasteiger partial charge on any atom is 0.372 e. The lowest BCUT2D eigenvalue weighted by Gasteiger charge is -2.34. The van der Waals surface area contributed by atoms with E-state index in [0.717, 1.165) is 18.6 Å². The average Bonchev–Trinajstić information content (AvgIpc) is 2.85. The fourth-order valence-electron chi connectivity index (χ4n) is 3.86. The Bertz CT molecular complexity index is 594. The van der Waals surface area contributed by atoms with Gasteiger partial charge in [-0.3, -0.25) is 0 Å². The van der Waals surface area contributed by atoms with Crippen LogP contribution in [0.25, 0.3) is 0 Å². The van der Waals surface area contributed by atoms with Crippen molar-refractivity contribution < 1.29 is 14.4 Å². The summed E-state index contributed by atoms with van der Waals surface area (Å²) < 4.78 is 5.37. The summed E-state index contributed by atoms with van der Waals surface area (Å²) in [6, 6.07) is 9.23. The summed E-state index contributed by atoms with van der Waals surface area (Å²) in [5.74, 6) is 0.844. The van der Waals surface area contributed by atoms with Gasteiger partial charge in [0.2, 0.25) is 0 Å². The van der Waals surface area contributed by atoms with Crippen LogP contribution >= 0.6 is 0 Å². The molecule has 0 amide bonds. The second-order valence-electron chi connectivity index (χ2n) is 7.10. The van der Waals surface area contributed by atoms with Crippen molar-refractivity contribution in [2.75, 3.05) is 6.61 Å². The average molecular weight is 301 g/mol. The fraction of sp³-hybridized carbons (Fsp3) is 0.556. The molecule has 2 bridgehead atoms. The van der Waals surface area contributed by atoms with Gasteiger partial charge in [0, 0.05) is 5.41 Å². The second-order valence-corrected chi connectivity index (χ2v) is 7.10. The summed E-state index contributed by atoms with van der Waals surface area (Å²) in [4.78, 5) is 16.9. The number of hydrogen-bond acceptors (Lipinski definition) is 4. The molecule has 2 saturated carbocycles. The molecule has 0 aliphatic heterocycles. The maximum atomic E-state index is 11.8. The molecule has 0 N–H and O–H groups in total. The first kappa shape index (κ1) is 15.1. The quantitative estimate of drug-likeness (QED) is 0.627. The van der Waals surface area contributed by atoms with E-state index < -0.39 is 5.97 Å². The zero-order chi connectivity index (χ0) is 15.8. The van der Waals surface area contributed by atoms with Gasteiger partial charge in [0.15, 0.2) is 6.61 Å². The molecule has 2 unspecified atom stereocenters. The van der Waals surface area contributed by atoms with E-state index in [1.54, 1.807) is 12.1 Å². The van der Waals surface area contributed by atoms with E-state index in [2.05, 4.69) is 25.9 Å². The predicted molar refractivity (Wildman–Crippen MR) is 84.7 cm³/mol. The Morgan fingerprint density at radius 3 is 2.59 bits per heavy atom. The fourth-order valence-corrected chi connectivity index (χ4v) is 3.86. The lowest BCUT2D eigenvalue weighted by Crippen LogP contribution is -2.32. The van der Waals surface area contributed by atoms with Gasteiger partial charge in [0.05, 0.1) is 5.71 Å². The molecule has 4 nitrogen and oxygen atoms in total. The number of para-hydroxylation sites is 1. The first-order chi connectivity index (χ1) is 10.4. The number of benzene rings is 1. The predicted octanol–water partition coefficient (Wildman–Crippen LogP) is 3.81. The number of ether oxygens (including phenoxy) is 1. The van der Waals surface area contributed by atoms with Gasteiger partial charge in [0.1, 0.15) is 5.75 Å². The van der Waals surface area contributed by atoms with Crippen LogP contribution in [0.1, 0.15) is 40.0 Å². The Morgan fingerprint density at radius 2 is 2.00 bits per heavy atom. The Kier molecular flexibility index (Phi) is 3.71. The standard InChI is InChI=1S/C18H23NO3/c1-17(2)13-9-10-18(17,3)15(11-13)19-22-16(20)12-21-14-7-5-4-6-8-14/h4-8,13H,9-12H2,1-3H3/b19-15+. The first-order valence-electron chi connectivity index (χ1n) is 7.88. The van der Waals surface area contributed by atoms with E-state index >= 15 is 0 Å². The highest BCUT2D eigenvalue weighted by Crippen LogP contribution is 2.63. The highest BCUT2D eigenvalue weighted by atomic mass is 16.7.